The molecule has 0 N–H and O–H groups in total. The van der Waals surface area contributed by atoms with Crippen LogP contribution in [0.4, 0.5) is 0 Å². The molecule has 0 aliphatic carbocycles. The van der Waals surface area contributed by atoms with Gasteiger partial charge in [-0.1, -0.05) is 92.0 Å². The summed E-state index contributed by atoms with van der Waals surface area (Å²) in [5.74, 6) is 0. The SMILES string of the molecule is C=C(CN(CC(=C)c1ccccc1)S(=O)(=O)c1ccccc1)c1ccccc1. The van der Waals surface area contributed by atoms with E-state index in [0.29, 0.717) is 0 Å². The van der Waals surface area contributed by atoms with E-state index in [2.05, 4.69) is 13.2 Å². The summed E-state index contributed by atoms with van der Waals surface area (Å²) >= 11 is 0. The minimum atomic E-state index is -3.70. The molecule has 0 saturated heterocycles. The molecular weight excluding hydrogens is 366 g/mol. The van der Waals surface area contributed by atoms with E-state index < -0.39 is 10.0 Å². The van der Waals surface area contributed by atoms with Gasteiger partial charge in [-0.05, 0) is 34.4 Å². The van der Waals surface area contributed by atoms with Gasteiger partial charge in [-0.25, -0.2) is 8.42 Å². The first-order valence-corrected chi connectivity index (χ1v) is 10.4. The zero-order valence-corrected chi connectivity index (χ0v) is 16.5. The van der Waals surface area contributed by atoms with Gasteiger partial charge in [0, 0.05) is 13.1 Å². The van der Waals surface area contributed by atoms with E-state index in [1.165, 1.54) is 4.31 Å². The van der Waals surface area contributed by atoms with Crippen LogP contribution in [0.25, 0.3) is 11.1 Å². The van der Waals surface area contributed by atoms with Crippen LogP contribution in [-0.4, -0.2) is 25.8 Å². The summed E-state index contributed by atoms with van der Waals surface area (Å²) < 4.78 is 28.1. The van der Waals surface area contributed by atoms with Gasteiger partial charge in [-0.3, -0.25) is 0 Å². The quantitative estimate of drug-likeness (QED) is 0.537. The second kappa shape index (κ2) is 8.83. The van der Waals surface area contributed by atoms with Crippen LogP contribution in [0.2, 0.25) is 0 Å². The summed E-state index contributed by atoms with van der Waals surface area (Å²) in [6, 6.07) is 27.7. The molecule has 3 nitrogen and oxygen atoms in total. The van der Waals surface area contributed by atoms with Crippen LogP contribution in [0.15, 0.2) is 109 Å². The molecule has 0 bridgehead atoms. The summed E-state index contributed by atoms with van der Waals surface area (Å²) in [4.78, 5) is 0.261. The second-order valence-corrected chi connectivity index (χ2v) is 8.46. The molecule has 0 unspecified atom stereocenters. The van der Waals surface area contributed by atoms with Crippen LogP contribution >= 0.6 is 0 Å². The normalized spacial score (nSPS) is 11.3. The average molecular weight is 390 g/mol. The van der Waals surface area contributed by atoms with Crippen molar-refractivity contribution in [1.29, 1.82) is 0 Å². The zero-order valence-electron chi connectivity index (χ0n) is 15.7. The van der Waals surface area contributed by atoms with Gasteiger partial charge < -0.3 is 0 Å². The number of hydrogen-bond acceptors (Lipinski definition) is 2. The number of rotatable bonds is 8. The summed E-state index contributed by atoms with van der Waals surface area (Å²) in [5.41, 5.74) is 3.31. The van der Waals surface area contributed by atoms with E-state index in [9.17, 15) is 8.42 Å². The minimum absolute atomic E-state index is 0.188. The molecule has 0 radical (unpaired) electrons. The van der Waals surface area contributed by atoms with Crippen LogP contribution in [0.1, 0.15) is 11.1 Å². The van der Waals surface area contributed by atoms with Gasteiger partial charge in [0.1, 0.15) is 0 Å². The zero-order chi connectivity index (χ0) is 20.0. The fourth-order valence-corrected chi connectivity index (χ4v) is 4.37. The Bertz CT molecular complexity index is 990. The summed E-state index contributed by atoms with van der Waals surface area (Å²) in [7, 11) is -3.70. The molecule has 142 valence electrons. The molecule has 0 heterocycles. The third-order valence-corrected chi connectivity index (χ3v) is 6.29. The molecule has 3 aromatic carbocycles. The second-order valence-electron chi connectivity index (χ2n) is 6.53. The third-order valence-electron chi connectivity index (χ3n) is 4.48. The van der Waals surface area contributed by atoms with E-state index in [4.69, 9.17) is 0 Å². The van der Waals surface area contributed by atoms with E-state index in [1.807, 2.05) is 60.7 Å². The van der Waals surface area contributed by atoms with Crippen LogP contribution < -0.4 is 0 Å². The fourth-order valence-electron chi connectivity index (χ4n) is 2.92. The monoisotopic (exact) mass is 389 g/mol. The number of nitrogens with zero attached hydrogens (tertiary/aromatic N) is 1. The molecule has 4 heteroatoms. The number of benzene rings is 3. The first kappa shape index (κ1) is 19.8. The maximum atomic E-state index is 13.3. The van der Waals surface area contributed by atoms with Crippen molar-refractivity contribution in [3.8, 4) is 0 Å². The molecule has 3 rings (SSSR count). The molecule has 0 atom stereocenters. The molecule has 0 aliphatic heterocycles. The largest absolute Gasteiger partial charge is 0.243 e. The Morgan fingerprint density at radius 2 is 1.00 bits per heavy atom. The van der Waals surface area contributed by atoms with Gasteiger partial charge in [0.15, 0.2) is 0 Å². The maximum absolute atomic E-state index is 13.3. The Morgan fingerprint density at radius 3 is 1.39 bits per heavy atom. The van der Waals surface area contributed by atoms with Crippen molar-refractivity contribution in [2.45, 2.75) is 4.90 Å². The van der Waals surface area contributed by atoms with Gasteiger partial charge >= 0.3 is 0 Å². The molecule has 0 saturated carbocycles. The minimum Gasteiger partial charge on any atom is -0.207 e. The standard InChI is InChI=1S/C24H23NO2S/c1-20(22-12-6-3-7-13-22)18-25(19-21(2)23-14-8-4-9-15-23)28(26,27)24-16-10-5-11-17-24/h3-17H,1-2,18-19H2. The maximum Gasteiger partial charge on any atom is 0.243 e. The van der Waals surface area contributed by atoms with E-state index in [0.717, 1.165) is 22.3 Å². The van der Waals surface area contributed by atoms with Crippen LogP contribution in [0.3, 0.4) is 0 Å². The molecule has 0 aliphatic rings. The van der Waals surface area contributed by atoms with Crippen molar-refractivity contribution in [3.05, 3.63) is 115 Å². The van der Waals surface area contributed by atoms with Crippen molar-refractivity contribution < 1.29 is 8.42 Å². The van der Waals surface area contributed by atoms with E-state index >= 15 is 0 Å². The Morgan fingerprint density at radius 1 is 0.643 bits per heavy atom. The van der Waals surface area contributed by atoms with Crippen molar-refractivity contribution in [2.24, 2.45) is 0 Å². The lowest BCUT2D eigenvalue weighted by molar-refractivity contribution is 0.481. The van der Waals surface area contributed by atoms with Crippen LogP contribution in [0, 0.1) is 0 Å². The highest BCUT2D eigenvalue weighted by molar-refractivity contribution is 7.89. The van der Waals surface area contributed by atoms with Gasteiger partial charge in [0.05, 0.1) is 4.90 Å². The summed E-state index contributed by atoms with van der Waals surface area (Å²) in [6.45, 7) is 8.61. The lowest BCUT2D eigenvalue weighted by Gasteiger charge is -2.24. The Hall–Kier alpha value is -2.95. The summed E-state index contributed by atoms with van der Waals surface area (Å²) in [6.07, 6.45) is 0. The molecular formula is C24H23NO2S. The lowest BCUT2D eigenvalue weighted by atomic mass is 10.1. The fraction of sp³-hybridized carbons (Fsp3) is 0.0833. The van der Waals surface area contributed by atoms with E-state index in [-0.39, 0.29) is 18.0 Å². The molecule has 0 amide bonds. The number of hydrogen-bond donors (Lipinski definition) is 0. The molecule has 0 fully saturated rings. The van der Waals surface area contributed by atoms with Crippen LogP contribution in [-0.2, 0) is 10.0 Å². The Balaban J connectivity index is 1.92. The first-order chi connectivity index (χ1) is 13.5. The van der Waals surface area contributed by atoms with Crippen LogP contribution in [0.5, 0.6) is 0 Å². The first-order valence-electron chi connectivity index (χ1n) is 9.00. The topological polar surface area (TPSA) is 37.4 Å². The van der Waals surface area contributed by atoms with Crippen molar-refractivity contribution in [1.82, 2.24) is 4.31 Å². The van der Waals surface area contributed by atoms with Gasteiger partial charge in [-0.2, -0.15) is 4.31 Å². The van der Waals surface area contributed by atoms with Crippen molar-refractivity contribution in [3.63, 3.8) is 0 Å². The van der Waals surface area contributed by atoms with Crippen molar-refractivity contribution in [2.75, 3.05) is 13.1 Å². The molecule has 3 aromatic rings. The van der Waals surface area contributed by atoms with E-state index in [1.54, 1.807) is 30.3 Å². The molecule has 28 heavy (non-hydrogen) atoms. The molecule has 0 aromatic heterocycles. The highest BCUT2D eigenvalue weighted by Crippen LogP contribution is 2.23. The predicted molar refractivity (Wildman–Crippen MR) is 116 cm³/mol. The highest BCUT2D eigenvalue weighted by Gasteiger charge is 2.26. The van der Waals surface area contributed by atoms with Gasteiger partial charge in [-0.15, -0.1) is 0 Å². The lowest BCUT2D eigenvalue weighted by Crippen LogP contribution is -2.33. The number of sulfonamides is 1. The van der Waals surface area contributed by atoms with Crippen molar-refractivity contribution >= 4 is 21.2 Å². The Labute approximate surface area is 167 Å². The smallest absolute Gasteiger partial charge is 0.207 e. The van der Waals surface area contributed by atoms with Gasteiger partial charge in [0.2, 0.25) is 10.0 Å². The third kappa shape index (κ3) is 4.66. The predicted octanol–water partition coefficient (Wildman–Crippen LogP) is 5.10. The average Bonchev–Trinajstić information content (AvgIpc) is 2.75. The highest BCUT2D eigenvalue weighted by atomic mass is 32.2. The molecule has 0 spiro atoms. The summed E-state index contributed by atoms with van der Waals surface area (Å²) in [5, 5.41) is 0. The van der Waals surface area contributed by atoms with Gasteiger partial charge in [0.25, 0.3) is 0 Å². The Kier molecular flexibility index (Phi) is 6.24.